The number of halogens is 1. The molecule has 0 aliphatic carbocycles. The molecule has 1 aliphatic heterocycles. The van der Waals surface area contributed by atoms with Gasteiger partial charge in [-0.1, -0.05) is 35.9 Å². The standard InChI is InChI=1S/C21H21ClN2O2/c22-17-5-3-4-15(14-17)8-9-20(25)24-12-10-16(11-13-24)21-23-18-6-1-2-7-19(18)26-21/h1-7,14,16H,8-13H2. The Morgan fingerprint density at radius 2 is 1.96 bits per heavy atom. The molecular formula is C21H21ClN2O2. The first kappa shape index (κ1) is 17.1. The number of aromatic nitrogens is 1. The van der Waals surface area contributed by atoms with Gasteiger partial charge in [0.05, 0.1) is 0 Å². The summed E-state index contributed by atoms with van der Waals surface area (Å²) in [7, 11) is 0. The van der Waals surface area contributed by atoms with Crippen LogP contribution in [0.3, 0.4) is 0 Å². The number of para-hydroxylation sites is 2. The van der Waals surface area contributed by atoms with Gasteiger partial charge in [0.1, 0.15) is 5.52 Å². The predicted octanol–water partition coefficient (Wildman–Crippen LogP) is 4.82. The number of aryl methyl sites for hydroxylation is 1. The van der Waals surface area contributed by atoms with E-state index < -0.39 is 0 Å². The molecule has 3 aromatic rings. The number of fused-ring (bicyclic) bond motifs is 1. The molecule has 1 amide bonds. The molecule has 4 nitrogen and oxygen atoms in total. The molecule has 0 N–H and O–H groups in total. The second-order valence-electron chi connectivity index (χ2n) is 6.80. The van der Waals surface area contributed by atoms with Crippen molar-refractivity contribution in [3.8, 4) is 0 Å². The molecule has 0 bridgehead atoms. The predicted molar refractivity (Wildman–Crippen MR) is 102 cm³/mol. The third kappa shape index (κ3) is 3.75. The molecule has 134 valence electrons. The first-order chi connectivity index (χ1) is 12.7. The summed E-state index contributed by atoms with van der Waals surface area (Å²) in [6.07, 6.45) is 3.05. The number of piperidine rings is 1. The van der Waals surface area contributed by atoms with Crippen molar-refractivity contribution < 1.29 is 9.21 Å². The third-order valence-corrected chi connectivity index (χ3v) is 5.26. The van der Waals surface area contributed by atoms with Crippen LogP contribution in [0, 0.1) is 0 Å². The van der Waals surface area contributed by atoms with E-state index >= 15 is 0 Å². The van der Waals surface area contributed by atoms with Crippen LogP contribution in [-0.2, 0) is 11.2 Å². The summed E-state index contributed by atoms with van der Waals surface area (Å²) in [6.45, 7) is 1.52. The number of nitrogens with zero attached hydrogens (tertiary/aromatic N) is 2. The van der Waals surface area contributed by atoms with E-state index in [9.17, 15) is 4.79 Å². The van der Waals surface area contributed by atoms with E-state index in [1.54, 1.807) is 0 Å². The average Bonchev–Trinajstić information content (AvgIpc) is 3.10. The van der Waals surface area contributed by atoms with Crippen LogP contribution in [0.25, 0.3) is 11.1 Å². The van der Waals surface area contributed by atoms with Crippen molar-refractivity contribution in [1.29, 1.82) is 0 Å². The lowest BCUT2D eigenvalue weighted by molar-refractivity contribution is -0.132. The molecule has 0 saturated carbocycles. The summed E-state index contributed by atoms with van der Waals surface area (Å²) >= 11 is 6.00. The van der Waals surface area contributed by atoms with Crippen LogP contribution < -0.4 is 0 Å². The van der Waals surface area contributed by atoms with Gasteiger partial charge in [0.2, 0.25) is 5.91 Å². The average molecular weight is 369 g/mol. The van der Waals surface area contributed by atoms with Crippen molar-refractivity contribution in [2.45, 2.75) is 31.6 Å². The Labute approximate surface area is 157 Å². The molecule has 0 radical (unpaired) electrons. The lowest BCUT2D eigenvalue weighted by Gasteiger charge is -2.30. The van der Waals surface area contributed by atoms with Crippen LogP contribution in [-0.4, -0.2) is 28.9 Å². The van der Waals surface area contributed by atoms with Crippen LogP contribution in [0.5, 0.6) is 0 Å². The minimum absolute atomic E-state index is 0.209. The Morgan fingerprint density at radius 3 is 2.73 bits per heavy atom. The molecule has 2 aromatic carbocycles. The van der Waals surface area contributed by atoms with E-state index in [1.807, 2.05) is 53.4 Å². The second kappa shape index (κ2) is 7.50. The maximum Gasteiger partial charge on any atom is 0.222 e. The van der Waals surface area contributed by atoms with Gasteiger partial charge in [-0.25, -0.2) is 4.98 Å². The quantitative estimate of drug-likeness (QED) is 0.663. The van der Waals surface area contributed by atoms with Gasteiger partial charge in [-0.05, 0) is 49.1 Å². The third-order valence-electron chi connectivity index (χ3n) is 5.02. The number of benzene rings is 2. The number of hydrogen-bond donors (Lipinski definition) is 0. The maximum absolute atomic E-state index is 12.5. The van der Waals surface area contributed by atoms with Crippen molar-refractivity contribution in [2.24, 2.45) is 0 Å². The molecule has 1 aliphatic rings. The van der Waals surface area contributed by atoms with Gasteiger partial charge in [-0.3, -0.25) is 4.79 Å². The Hall–Kier alpha value is -2.33. The van der Waals surface area contributed by atoms with E-state index in [2.05, 4.69) is 4.98 Å². The van der Waals surface area contributed by atoms with Gasteiger partial charge in [0, 0.05) is 30.5 Å². The maximum atomic E-state index is 12.5. The zero-order chi connectivity index (χ0) is 17.9. The Balaban J connectivity index is 1.32. The molecular weight excluding hydrogens is 348 g/mol. The van der Waals surface area contributed by atoms with Crippen molar-refractivity contribution in [2.75, 3.05) is 13.1 Å². The Kier molecular flexibility index (Phi) is 4.93. The van der Waals surface area contributed by atoms with E-state index in [-0.39, 0.29) is 5.91 Å². The SMILES string of the molecule is O=C(CCc1cccc(Cl)c1)N1CCC(c2nc3ccccc3o2)CC1. The lowest BCUT2D eigenvalue weighted by Crippen LogP contribution is -2.38. The van der Waals surface area contributed by atoms with Gasteiger partial charge >= 0.3 is 0 Å². The number of carbonyl (C=O) groups is 1. The highest BCUT2D eigenvalue weighted by Crippen LogP contribution is 2.30. The minimum atomic E-state index is 0.209. The lowest BCUT2D eigenvalue weighted by atomic mass is 9.96. The number of amides is 1. The Bertz CT molecular complexity index is 880. The Morgan fingerprint density at radius 1 is 1.15 bits per heavy atom. The highest BCUT2D eigenvalue weighted by atomic mass is 35.5. The summed E-state index contributed by atoms with van der Waals surface area (Å²) in [5.74, 6) is 1.30. The summed E-state index contributed by atoms with van der Waals surface area (Å²) in [6, 6.07) is 15.6. The smallest absolute Gasteiger partial charge is 0.222 e. The first-order valence-electron chi connectivity index (χ1n) is 9.07. The van der Waals surface area contributed by atoms with Gasteiger partial charge in [0.15, 0.2) is 11.5 Å². The van der Waals surface area contributed by atoms with Crippen LogP contribution >= 0.6 is 11.6 Å². The van der Waals surface area contributed by atoms with Crippen molar-refractivity contribution in [1.82, 2.24) is 9.88 Å². The van der Waals surface area contributed by atoms with Crippen LogP contribution in [0.2, 0.25) is 5.02 Å². The fourth-order valence-corrected chi connectivity index (χ4v) is 3.76. The normalized spacial score (nSPS) is 15.5. The summed E-state index contributed by atoms with van der Waals surface area (Å²) < 4.78 is 5.89. The number of oxazole rings is 1. The van der Waals surface area contributed by atoms with Gasteiger partial charge in [-0.2, -0.15) is 0 Å². The van der Waals surface area contributed by atoms with Crippen molar-refractivity contribution >= 4 is 28.6 Å². The molecule has 4 rings (SSSR count). The summed E-state index contributed by atoms with van der Waals surface area (Å²) in [5.41, 5.74) is 2.84. The van der Waals surface area contributed by atoms with Gasteiger partial charge in [0.25, 0.3) is 0 Å². The first-order valence-corrected chi connectivity index (χ1v) is 9.44. The minimum Gasteiger partial charge on any atom is -0.440 e. The molecule has 0 atom stereocenters. The summed E-state index contributed by atoms with van der Waals surface area (Å²) in [4.78, 5) is 19.1. The van der Waals surface area contributed by atoms with Crippen molar-refractivity contribution in [3.05, 3.63) is 65.0 Å². The molecule has 0 spiro atoms. The monoisotopic (exact) mass is 368 g/mol. The molecule has 5 heteroatoms. The molecule has 1 fully saturated rings. The topological polar surface area (TPSA) is 46.3 Å². The number of likely N-dealkylation sites (tertiary alicyclic amines) is 1. The van der Waals surface area contributed by atoms with Gasteiger partial charge in [-0.15, -0.1) is 0 Å². The highest BCUT2D eigenvalue weighted by Gasteiger charge is 2.26. The molecule has 0 unspecified atom stereocenters. The fraction of sp³-hybridized carbons (Fsp3) is 0.333. The highest BCUT2D eigenvalue weighted by molar-refractivity contribution is 6.30. The molecule has 1 aromatic heterocycles. The van der Waals surface area contributed by atoms with E-state index in [1.165, 1.54) is 0 Å². The summed E-state index contributed by atoms with van der Waals surface area (Å²) in [5, 5.41) is 0.717. The van der Waals surface area contributed by atoms with E-state index in [0.717, 1.165) is 54.9 Å². The number of rotatable bonds is 4. The van der Waals surface area contributed by atoms with E-state index in [4.69, 9.17) is 16.0 Å². The second-order valence-corrected chi connectivity index (χ2v) is 7.24. The van der Waals surface area contributed by atoms with E-state index in [0.29, 0.717) is 17.4 Å². The van der Waals surface area contributed by atoms with Crippen molar-refractivity contribution in [3.63, 3.8) is 0 Å². The zero-order valence-electron chi connectivity index (χ0n) is 14.5. The van der Waals surface area contributed by atoms with Crippen LogP contribution in [0.1, 0.15) is 36.6 Å². The molecule has 1 saturated heterocycles. The molecule has 2 heterocycles. The fourth-order valence-electron chi connectivity index (χ4n) is 3.54. The number of carbonyl (C=O) groups excluding carboxylic acids is 1. The largest absolute Gasteiger partial charge is 0.440 e. The zero-order valence-corrected chi connectivity index (χ0v) is 15.3. The molecule has 26 heavy (non-hydrogen) atoms. The van der Waals surface area contributed by atoms with Crippen LogP contribution in [0.4, 0.5) is 0 Å². The van der Waals surface area contributed by atoms with Gasteiger partial charge < -0.3 is 9.32 Å². The number of hydrogen-bond acceptors (Lipinski definition) is 3. The van der Waals surface area contributed by atoms with Crippen LogP contribution in [0.15, 0.2) is 52.9 Å².